The van der Waals surface area contributed by atoms with Gasteiger partial charge in [0.2, 0.25) is 5.95 Å². The molecule has 0 radical (unpaired) electrons. The summed E-state index contributed by atoms with van der Waals surface area (Å²) in [6.07, 6.45) is 1.45. The molecule has 0 atom stereocenters. The van der Waals surface area contributed by atoms with Crippen LogP contribution in [0.4, 0.5) is 17.5 Å². The normalized spacial score (nSPS) is 10.3. The van der Waals surface area contributed by atoms with E-state index in [-0.39, 0.29) is 5.95 Å². The van der Waals surface area contributed by atoms with Crippen LogP contribution in [0.2, 0.25) is 10.0 Å². The van der Waals surface area contributed by atoms with Crippen LogP contribution >= 0.6 is 45.8 Å². The van der Waals surface area contributed by atoms with E-state index in [1.165, 1.54) is 6.20 Å². The quantitative estimate of drug-likeness (QED) is 0.779. The Labute approximate surface area is 122 Å². The highest BCUT2D eigenvalue weighted by Crippen LogP contribution is 2.28. The van der Waals surface area contributed by atoms with Crippen molar-refractivity contribution in [2.45, 2.75) is 0 Å². The highest BCUT2D eigenvalue weighted by atomic mass is 127. The molecule has 0 bridgehead atoms. The Kier molecular flexibility index (Phi) is 3.90. The lowest BCUT2D eigenvalue weighted by molar-refractivity contribution is 1.18. The predicted molar refractivity (Wildman–Crippen MR) is 78.9 cm³/mol. The lowest BCUT2D eigenvalue weighted by Crippen LogP contribution is -2.01. The molecule has 0 aliphatic heterocycles. The molecule has 0 aliphatic rings. The maximum Gasteiger partial charge on any atom is 0.222 e. The number of nitrogen functional groups attached to an aromatic ring is 1. The number of nitrogens with zero attached hydrogens (tertiary/aromatic N) is 2. The highest BCUT2D eigenvalue weighted by Gasteiger charge is 2.06. The zero-order valence-electron chi connectivity index (χ0n) is 8.42. The van der Waals surface area contributed by atoms with E-state index in [0.29, 0.717) is 15.9 Å². The molecule has 0 spiro atoms. The van der Waals surface area contributed by atoms with Crippen molar-refractivity contribution in [2.24, 2.45) is 0 Å². The molecule has 0 saturated carbocycles. The van der Waals surface area contributed by atoms with E-state index >= 15 is 0 Å². The first-order valence-corrected chi connectivity index (χ1v) is 6.40. The van der Waals surface area contributed by atoms with Crippen molar-refractivity contribution in [3.8, 4) is 0 Å². The first-order chi connectivity index (χ1) is 8.06. The van der Waals surface area contributed by atoms with E-state index in [2.05, 4.69) is 37.9 Å². The van der Waals surface area contributed by atoms with Gasteiger partial charge in [0.1, 0.15) is 5.02 Å². The third-order valence-electron chi connectivity index (χ3n) is 1.95. The van der Waals surface area contributed by atoms with Crippen molar-refractivity contribution in [1.29, 1.82) is 0 Å². The average Bonchev–Trinajstić information content (AvgIpc) is 2.27. The molecule has 7 heteroatoms. The molecule has 0 aliphatic carbocycles. The van der Waals surface area contributed by atoms with Gasteiger partial charge in [0.25, 0.3) is 0 Å². The minimum Gasteiger partial charge on any atom is -0.368 e. The summed E-state index contributed by atoms with van der Waals surface area (Å²) >= 11 is 14.0. The summed E-state index contributed by atoms with van der Waals surface area (Å²) < 4.78 is 0.961. The Hall–Kier alpha value is -0.790. The first-order valence-electron chi connectivity index (χ1n) is 4.56. The second-order valence-electron chi connectivity index (χ2n) is 3.17. The number of rotatable bonds is 2. The van der Waals surface area contributed by atoms with Crippen LogP contribution in [-0.2, 0) is 0 Å². The number of anilines is 3. The third kappa shape index (κ3) is 3.11. The summed E-state index contributed by atoms with van der Waals surface area (Å²) in [6, 6.07) is 5.46. The van der Waals surface area contributed by atoms with Crippen LogP contribution in [0.5, 0.6) is 0 Å². The van der Waals surface area contributed by atoms with Gasteiger partial charge in [-0.05, 0) is 40.8 Å². The van der Waals surface area contributed by atoms with Gasteiger partial charge in [-0.1, -0.05) is 23.2 Å². The Morgan fingerprint density at radius 3 is 2.76 bits per heavy atom. The van der Waals surface area contributed by atoms with Gasteiger partial charge in [0.05, 0.1) is 11.9 Å². The summed E-state index contributed by atoms with van der Waals surface area (Å²) in [6.45, 7) is 0. The second-order valence-corrected chi connectivity index (χ2v) is 5.18. The standard InChI is InChI=1S/C10H7Cl2IN4/c11-5-1-2-8(7(13)3-5)16-9-6(12)4-15-10(14)17-9/h1-4H,(H3,14,15,16,17). The van der Waals surface area contributed by atoms with Gasteiger partial charge in [-0.2, -0.15) is 4.98 Å². The molecule has 2 rings (SSSR count). The number of hydrogen-bond donors (Lipinski definition) is 2. The molecule has 0 fully saturated rings. The highest BCUT2D eigenvalue weighted by molar-refractivity contribution is 14.1. The van der Waals surface area contributed by atoms with Crippen LogP contribution in [0.3, 0.4) is 0 Å². The van der Waals surface area contributed by atoms with Gasteiger partial charge in [-0.3, -0.25) is 0 Å². The smallest absolute Gasteiger partial charge is 0.222 e. The van der Waals surface area contributed by atoms with Crippen molar-refractivity contribution < 1.29 is 0 Å². The Morgan fingerprint density at radius 1 is 1.29 bits per heavy atom. The van der Waals surface area contributed by atoms with Crippen molar-refractivity contribution in [3.63, 3.8) is 0 Å². The topological polar surface area (TPSA) is 63.8 Å². The number of aromatic nitrogens is 2. The fourth-order valence-electron chi connectivity index (χ4n) is 1.19. The SMILES string of the molecule is Nc1ncc(Cl)c(Nc2ccc(Cl)cc2I)n1. The first kappa shape index (κ1) is 12.7. The molecule has 1 aromatic heterocycles. The van der Waals surface area contributed by atoms with E-state index in [1.54, 1.807) is 6.07 Å². The number of nitrogens with two attached hydrogens (primary N) is 1. The van der Waals surface area contributed by atoms with E-state index < -0.39 is 0 Å². The molecule has 1 aromatic carbocycles. The second kappa shape index (κ2) is 5.24. The molecule has 1 heterocycles. The fraction of sp³-hybridized carbons (Fsp3) is 0. The lowest BCUT2D eigenvalue weighted by atomic mass is 10.3. The van der Waals surface area contributed by atoms with Gasteiger partial charge in [0.15, 0.2) is 5.82 Å². The van der Waals surface area contributed by atoms with Crippen LogP contribution in [0.25, 0.3) is 0 Å². The maximum atomic E-state index is 5.96. The summed E-state index contributed by atoms with van der Waals surface area (Å²) in [5, 5.41) is 4.16. The van der Waals surface area contributed by atoms with E-state index in [0.717, 1.165) is 9.26 Å². The molecule has 88 valence electrons. The van der Waals surface area contributed by atoms with Crippen molar-refractivity contribution in [3.05, 3.63) is 38.0 Å². The van der Waals surface area contributed by atoms with Crippen LogP contribution < -0.4 is 11.1 Å². The zero-order valence-corrected chi connectivity index (χ0v) is 12.1. The Morgan fingerprint density at radius 2 is 2.06 bits per heavy atom. The summed E-state index contributed by atoms with van der Waals surface area (Å²) in [4.78, 5) is 7.81. The van der Waals surface area contributed by atoms with Gasteiger partial charge in [-0.15, -0.1) is 0 Å². The van der Waals surface area contributed by atoms with Gasteiger partial charge >= 0.3 is 0 Å². The molecular formula is C10H7Cl2IN4. The molecule has 4 nitrogen and oxygen atoms in total. The molecule has 0 amide bonds. The fourth-order valence-corrected chi connectivity index (χ4v) is 2.33. The minimum atomic E-state index is 0.167. The molecule has 3 N–H and O–H groups in total. The zero-order chi connectivity index (χ0) is 12.4. The summed E-state index contributed by atoms with van der Waals surface area (Å²) in [7, 11) is 0. The van der Waals surface area contributed by atoms with Crippen molar-refractivity contribution >= 4 is 63.2 Å². The van der Waals surface area contributed by atoms with Gasteiger partial charge in [0, 0.05) is 8.59 Å². The van der Waals surface area contributed by atoms with Crippen LogP contribution in [-0.4, -0.2) is 9.97 Å². The minimum absolute atomic E-state index is 0.167. The van der Waals surface area contributed by atoms with E-state index in [1.807, 2.05) is 12.1 Å². The van der Waals surface area contributed by atoms with Crippen LogP contribution in [0.15, 0.2) is 24.4 Å². The molecule has 0 saturated heterocycles. The Balaban J connectivity index is 2.34. The van der Waals surface area contributed by atoms with Crippen LogP contribution in [0.1, 0.15) is 0 Å². The van der Waals surface area contributed by atoms with Crippen molar-refractivity contribution in [2.75, 3.05) is 11.1 Å². The Bertz CT molecular complexity index is 562. The van der Waals surface area contributed by atoms with Crippen molar-refractivity contribution in [1.82, 2.24) is 9.97 Å². The van der Waals surface area contributed by atoms with E-state index in [4.69, 9.17) is 28.9 Å². The summed E-state index contributed by atoms with van der Waals surface area (Å²) in [5.41, 5.74) is 6.36. The van der Waals surface area contributed by atoms with Crippen LogP contribution in [0, 0.1) is 3.57 Å². The van der Waals surface area contributed by atoms with Gasteiger partial charge < -0.3 is 11.1 Å². The monoisotopic (exact) mass is 380 g/mol. The molecule has 0 unspecified atom stereocenters. The average molecular weight is 381 g/mol. The lowest BCUT2D eigenvalue weighted by Gasteiger charge is -2.09. The third-order valence-corrected chi connectivity index (χ3v) is 3.35. The number of halogens is 3. The number of nitrogens with one attached hydrogen (secondary N) is 1. The molecule has 17 heavy (non-hydrogen) atoms. The summed E-state index contributed by atoms with van der Waals surface area (Å²) in [5.74, 6) is 0.639. The molecule has 2 aromatic rings. The molecular weight excluding hydrogens is 374 g/mol. The number of benzene rings is 1. The maximum absolute atomic E-state index is 5.96. The largest absolute Gasteiger partial charge is 0.368 e. The van der Waals surface area contributed by atoms with Gasteiger partial charge in [-0.25, -0.2) is 4.98 Å². The predicted octanol–water partition coefficient (Wildman–Crippen LogP) is 3.71. The van der Waals surface area contributed by atoms with E-state index in [9.17, 15) is 0 Å². The number of hydrogen-bond acceptors (Lipinski definition) is 4.